The van der Waals surface area contributed by atoms with Crippen molar-refractivity contribution >= 4 is 15.8 Å². The van der Waals surface area contributed by atoms with Crippen LogP contribution in [0.1, 0.15) is 17.0 Å². The highest BCUT2D eigenvalue weighted by atomic mass is 32.2. The Bertz CT molecular complexity index is 1000. The molecule has 1 fully saturated rings. The summed E-state index contributed by atoms with van der Waals surface area (Å²) in [5, 5.41) is 8.36. The molecule has 0 saturated heterocycles. The van der Waals surface area contributed by atoms with E-state index >= 15 is 0 Å². The lowest BCUT2D eigenvalue weighted by molar-refractivity contribution is -0.139. The molecule has 0 bridgehead atoms. The van der Waals surface area contributed by atoms with E-state index in [1.165, 1.54) is 12.1 Å². The summed E-state index contributed by atoms with van der Waals surface area (Å²) >= 11 is 0. The number of carboxylic acids is 1. The Morgan fingerprint density at radius 3 is 2.46 bits per heavy atom. The fourth-order valence-corrected chi connectivity index (χ4v) is 5.73. The highest BCUT2D eigenvalue weighted by Crippen LogP contribution is 2.56. The predicted molar refractivity (Wildman–Crippen MR) is 92.0 cm³/mol. The molecule has 7 nitrogen and oxygen atoms in total. The van der Waals surface area contributed by atoms with E-state index in [2.05, 4.69) is 0 Å². The normalized spacial score (nSPS) is 26.5. The van der Waals surface area contributed by atoms with Crippen LogP contribution in [0.15, 0.2) is 47.4 Å². The molecule has 4 rings (SSSR count). The van der Waals surface area contributed by atoms with Crippen LogP contribution in [-0.4, -0.2) is 37.1 Å². The first-order valence-electron chi connectivity index (χ1n) is 7.98. The maximum atomic E-state index is 13.0. The van der Waals surface area contributed by atoms with Crippen molar-refractivity contribution in [2.45, 2.75) is 28.5 Å². The van der Waals surface area contributed by atoms with Crippen LogP contribution in [0.3, 0.4) is 0 Å². The van der Waals surface area contributed by atoms with Gasteiger partial charge in [0, 0.05) is 5.92 Å². The molecule has 2 aliphatic rings. The molecule has 2 aromatic carbocycles. The van der Waals surface area contributed by atoms with E-state index in [4.69, 9.17) is 15.2 Å². The van der Waals surface area contributed by atoms with Gasteiger partial charge in [0.05, 0.1) is 4.90 Å². The number of carbonyl (C=O) groups is 1. The number of sulfone groups is 1. The summed E-state index contributed by atoms with van der Waals surface area (Å²) in [6.45, 7) is 1.91. The van der Waals surface area contributed by atoms with Gasteiger partial charge in [0.25, 0.3) is 0 Å². The van der Waals surface area contributed by atoms with Crippen molar-refractivity contribution in [3.8, 4) is 11.5 Å². The third kappa shape index (κ3) is 2.29. The molecule has 0 amide bonds. The van der Waals surface area contributed by atoms with Crippen molar-refractivity contribution in [1.29, 1.82) is 0 Å². The fraction of sp³-hybridized carbons (Fsp3) is 0.278. The van der Waals surface area contributed by atoms with Crippen molar-refractivity contribution in [1.82, 2.24) is 0 Å². The van der Waals surface area contributed by atoms with Gasteiger partial charge in [-0.25, -0.2) is 8.42 Å². The molecule has 26 heavy (non-hydrogen) atoms. The smallest absolute Gasteiger partial charge is 0.325 e. The average molecular weight is 375 g/mol. The zero-order chi connectivity index (χ0) is 18.7. The zero-order valence-corrected chi connectivity index (χ0v) is 14.7. The van der Waals surface area contributed by atoms with E-state index in [9.17, 15) is 18.3 Å². The Morgan fingerprint density at radius 1 is 1.15 bits per heavy atom. The third-order valence-electron chi connectivity index (χ3n) is 4.99. The summed E-state index contributed by atoms with van der Waals surface area (Å²) in [4.78, 5) is 11.9. The molecule has 1 aliphatic carbocycles. The third-order valence-corrected chi connectivity index (χ3v) is 7.25. The molecular weight excluding hydrogens is 358 g/mol. The van der Waals surface area contributed by atoms with Crippen molar-refractivity contribution in [3.63, 3.8) is 0 Å². The largest absolute Gasteiger partial charge is 0.480 e. The monoisotopic (exact) mass is 375 g/mol. The van der Waals surface area contributed by atoms with Crippen LogP contribution in [0, 0.1) is 6.92 Å². The van der Waals surface area contributed by atoms with E-state index in [1.54, 1.807) is 30.3 Å². The number of hydrogen-bond donors (Lipinski definition) is 2. The molecule has 136 valence electrons. The Labute approximate surface area is 150 Å². The SMILES string of the molecule is Cc1ccc(S(=O)(=O)[C@@H]2[C@H](c3ccc4c(c3)OCO4)[C@@]2(N)C(=O)O)cc1. The van der Waals surface area contributed by atoms with Crippen LogP contribution in [0.4, 0.5) is 0 Å². The second-order valence-electron chi connectivity index (χ2n) is 6.61. The maximum absolute atomic E-state index is 13.0. The molecule has 0 aromatic heterocycles. The highest BCUT2D eigenvalue weighted by molar-refractivity contribution is 7.92. The first-order chi connectivity index (χ1) is 12.3. The summed E-state index contributed by atoms with van der Waals surface area (Å²) in [7, 11) is -3.92. The van der Waals surface area contributed by atoms with Crippen LogP contribution < -0.4 is 15.2 Å². The van der Waals surface area contributed by atoms with Crippen LogP contribution in [0.25, 0.3) is 0 Å². The number of benzene rings is 2. The van der Waals surface area contributed by atoms with E-state index in [-0.39, 0.29) is 11.7 Å². The van der Waals surface area contributed by atoms with E-state index in [0.29, 0.717) is 17.1 Å². The average Bonchev–Trinajstić information content (AvgIpc) is 3.01. The van der Waals surface area contributed by atoms with Gasteiger partial charge in [-0.15, -0.1) is 0 Å². The lowest BCUT2D eigenvalue weighted by Crippen LogP contribution is -2.39. The fourth-order valence-electron chi connectivity index (χ4n) is 3.50. The predicted octanol–water partition coefficient (Wildman–Crippen LogP) is 1.45. The topological polar surface area (TPSA) is 116 Å². The maximum Gasteiger partial charge on any atom is 0.325 e. The minimum absolute atomic E-state index is 0.0624. The van der Waals surface area contributed by atoms with Crippen LogP contribution in [0.2, 0.25) is 0 Å². The number of aliphatic carboxylic acids is 1. The van der Waals surface area contributed by atoms with Gasteiger partial charge in [0.15, 0.2) is 21.3 Å². The standard InChI is InChI=1S/C18H17NO6S/c1-10-2-5-12(6-3-10)26(22,23)16-15(18(16,19)17(20)21)11-4-7-13-14(8-11)25-9-24-13/h2-8,15-16H,9,19H2,1H3,(H,20,21)/t15-,16+,18-/m0/s1. The molecular formula is C18H17NO6S. The quantitative estimate of drug-likeness (QED) is 0.831. The van der Waals surface area contributed by atoms with E-state index in [1.807, 2.05) is 6.92 Å². The van der Waals surface area contributed by atoms with Crippen molar-refractivity contribution in [3.05, 3.63) is 53.6 Å². The van der Waals surface area contributed by atoms with Gasteiger partial charge in [0.1, 0.15) is 10.8 Å². The summed E-state index contributed by atoms with van der Waals surface area (Å²) < 4.78 is 36.6. The molecule has 0 radical (unpaired) electrons. The first kappa shape index (κ1) is 16.9. The minimum atomic E-state index is -3.92. The van der Waals surface area contributed by atoms with Crippen molar-refractivity contribution in [2.24, 2.45) is 5.73 Å². The first-order valence-corrected chi connectivity index (χ1v) is 9.53. The molecule has 1 heterocycles. The number of ether oxygens (including phenoxy) is 2. The van der Waals surface area contributed by atoms with Gasteiger partial charge in [-0.1, -0.05) is 23.8 Å². The number of fused-ring (bicyclic) bond motifs is 1. The Hall–Kier alpha value is -2.58. The van der Waals surface area contributed by atoms with Gasteiger partial charge in [-0.3, -0.25) is 4.79 Å². The molecule has 0 spiro atoms. The molecule has 3 N–H and O–H groups in total. The van der Waals surface area contributed by atoms with Crippen molar-refractivity contribution < 1.29 is 27.8 Å². The number of nitrogens with two attached hydrogens (primary N) is 1. The van der Waals surface area contributed by atoms with Gasteiger partial charge in [-0.05, 0) is 36.8 Å². The second kappa shape index (κ2) is 5.46. The Morgan fingerprint density at radius 2 is 1.81 bits per heavy atom. The lowest BCUT2D eigenvalue weighted by Gasteiger charge is -2.07. The Balaban J connectivity index is 1.77. The van der Waals surface area contributed by atoms with Gasteiger partial charge >= 0.3 is 5.97 Å². The summed E-state index contributed by atoms with van der Waals surface area (Å²) in [5.41, 5.74) is 5.57. The number of aryl methyl sites for hydroxylation is 1. The van der Waals surface area contributed by atoms with Gasteiger partial charge in [-0.2, -0.15) is 0 Å². The van der Waals surface area contributed by atoms with Gasteiger partial charge < -0.3 is 20.3 Å². The van der Waals surface area contributed by atoms with Gasteiger partial charge in [0.2, 0.25) is 6.79 Å². The number of carboxylic acid groups (broad SMARTS) is 1. The molecule has 1 aliphatic heterocycles. The Kier molecular flexibility index (Phi) is 3.54. The molecule has 8 heteroatoms. The summed E-state index contributed by atoms with van der Waals surface area (Å²) in [5.74, 6) is -1.24. The summed E-state index contributed by atoms with van der Waals surface area (Å²) in [6, 6.07) is 11.2. The number of rotatable bonds is 4. The molecule has 0 unspecified atom stereocenters. The minimum Gasteiger partial charge on any atom is -0.480 e. The molecule has 3 atom stereocenters. The highest BCUT2D eigenvalue weighted by Gasteiger charge is 2.74. The van der Waals surface area contributed by atoms with Crippen LogP contribution >= 0.6 is 0 Å². The van der Waals surface area contributed by atoms with Crippen molar-refractivity contribution in [2.75, 3.05) is 6.79 Å². The zero-order valence-electron chi connectivity index (χ0n) is 13.9. The van der Waals surface area contributed by atoms with Crippen LogP contribution in [0.5, 0.6) is 11.5 Å². The van der Waals surface area contributed by atoms with Crippen LogP contribution in [-0.2, 0) is 14.6 Å². The second-order valence-corrected chi connectivity index (χ2v) is 8.68. The molecule has 2 aromatic rings. The lowest BCUT2D eigenvalue weighted by atomic mass is 10.1. The van der Waals surface area contributed by atoms with E-state index in [0.717, 1.165) is 5.56 Å². The molecule has 1 saturated carbocycles. The summed E-state index contributed by atoms with van der Waals surface area (Å²) in [6.07, 6.45) is 0. The van der Waals surface area contributed by atoms with E-state index < -0.39 is 32.5 Å². The number of hydrogen-bond acceptors (Lipinski definition) is 6.